The molecule has 1 fully saturated rings. The van der Waals surface area contributed by atoms with Gasteiger partial charge < -0.3 is 14.5 Å². The van der Waals surface area contributed by atoms with Crippen molar-refractivity contribution < 1.29 is 35.9 Å². The van der Waals surface area contributed by atoms with Gasteiger partial charge in [0.25, 0.3) is 0 Å². The van der Waals surface area contributed by atoms with Crippen LogP contribution in [0.3, 0.4) is 0 Å². The van der Waals surface area contributed by atoms with Crippen molar-refractivity contribution in [1.29, 1.82) is 0 Å². The number of thiazole rings is 1. The molecule has 3 atom stereocenters. The minimum absolute atomic E-state index is 0.000498. The van der Waals surface area contributed by atoms with E-state index in [1.807, 2.05) is 0 Å². The molecule has 1 amide bonds. The van der Waals surface area contributed by atoms with Crippen LogP contribution < -0.4 is 10.6 Å². The molecule has 1 saturated heterocycles. The molecule has 0 unspecified atom stereocenters. The first-order valence-electron chi connectivity index (χ1n) is 12.7. The van der Waals surface area contributed by atoms with E-state index in [1.54, 1.807) is 23.6 Å². The van der Waals surface area contributed by atoms with Crippen molar-refractivity contribution in [2.75, 3.05) is 30.9 Å². The number of ether oxygens (including phenoxy) is 1. The molecule has 0 aliphatic carbocycles. The van der Waals surface area contributed by atoms with Crippen LogP contribution in [-0.4, -0.2) is 69.5 Å². The second-order valence-corrected chi connectivity index (χ2v) is 12.2. The first kappa shape index (κ1) is 30.4. The number of benzene rings is 1. The second-order valence-electron chi connectivity index (χ2n) is 10.1. The highest BCUT2D eigenvalue weighted by Crippen LogP contribution is 2.50. The number of methoxy groups -OCH3 is 1. The number of halogens is 6. The molecule has 2 aliphatic heterocycles. The van der Waals surface area contributed by atoms with Crippen molar-refractivity contribution >= 4 is 45.7 Å². The van der Waals surface area contributed by atoms with Crippen molar-refractivity contribution in [3.8, 4) is 10.6 Å². The maximum absolute atomic E-state index is 14.7. The van der Waals surface area contributed by atoms with E-state index in [9.17, 15) is 35.9 Å². The van der Waals surface area contributed by atoms with Gasteiger partial charge >= 0.3 is 18.0 Å². The molecule has 8 nitrogen and oxygen atoms in total. The molecule has 226 valence electrons. The summed E-state index contributed by atoms with van der Waals surface area (Å²) in [6, 6.07) is 0.0579. The summed E-state index contributed by atoms with van der Waals surface area (Å²) in [5.74, 6) is -0.172. The van der Waals surface area contributed by atoms with E-state index in [1.165, 1.54) is 17.8 Å². The van der Waals surface area contributed by atoms with Gasteiger partial charge in [-0.05, 0) is 26.0 Å². The Kier molecular flexibility index (Phi) is 7.85. The van der Waals surface area contributed by atoms with E-state index < -0.39 is 57.2 Å². The Hall–Kier alpha value is -3.11. The van der Waals surface area contributed by atoms with Crippen LogP contribution in [0.5, 0.6) is 0 Å². The number of nitrogens with zero attached hydrogens (tertiary/aromatic N) is 5. The van der Waals surface area contributed by atoms with Crippen LogP contribution >= 0.6 is 23.1 Å². The number of rotatable bonds is 4. The maximum atomic E-state index is 14.7. The summed E-state index contributed by atoms with van der Waals surface area (Å²) >= 11 is 1.07. The first-order valence-corrected chi connectivity index (χ1v) is 14.5. The molecule has 0 bridgehead atoms. The van der Waals surface area contributed by atoms with Gasteiger partial charge in [0.2, 0.25) is 5.91 Å². The zero-order valence-electron chi connectivity index (χ0n) is 22.5. The van der Waals surface area contributed by atoms with Gasteiger partial charge in [-0.3, -0.25) is 9.36 Å². The summed E-state index contributed by atoms with van der Waals surface area (Å²) in [7, 11) is 1.40. The lowest BCUT2D eigenvalue weighted by Crippen LogP contribution is -2.58. The molecule has 0 spiro atoms. The summed E-state index contributed by atoms with van der Waals surface area (Å²) in [5.41, 5.74) is -2.34. The number of amides is 1. The molecule has 1 aromatic carbocycles. The molecule has 5 rings (SSSR count). The van der Waals surface area contributed by atoms with Gasteiger partial charge in [-0.1, -0.05) is 6.58 Å². The molecule has 0 N–H and O–H groups in total. The minimum atomic E-state index is -4.98. The second kappa shape index (κ2) is 10.9. The molecule has 2 aromatic heterocycles. The van der Waals surface area contributed by atoms with Crippen molar-refractivity contribution in [3.05, 3.63) is 45.8 Å². The lowest BCUT2D eigenvalue weighted by Gasteiger charge is -2.44. The molecule has 16 heteroatoms. The summed E-state index contributed by atoms with van der Waals surface area (Å²) < 4.78 is 91.1. The van der Waals surface area contributed by atoms with Crippen LogP contribution in [0.15, 0.2) is 34.6 Å². The molecule has 4 heterocycles. The highest BCUT2D eigenvalue weighted by atomic mass is 32.2. The third-order valence-electron chi connectivity index (χ3n) is 7.28. The Bertz CT molecular complexity index is 1610. The number of carbonyl (C=O) groups excluding carboxylic acids is 1. The number of hydrogen-bond acceptors (Lipinski definition) is 8. The Morgan fingerprint density at radius 3 is 2.33 bits per heavy atom. The fourth-order valence-corrected chi connectivity index (χ4v) is 7.73. The standard InChI is InChI=1S/C26H25F6N5O3S2/c1-5-18(38)37-12(2)8-35(9-13(37)3)22-15-6-16(25(27,28)29)19(23-33-7-17(42-23)26(30,31)32)21-20(15)36(24(39)34-22)10-14(40-4)11-41-21/h5-7,12-14H,1,8-11H2,2-4H3/t12-,13+,14-/m0/s1. The van der Waals surface area contributed by atoms with Gasteiger partial charge in [-0.2, -0.15) is 31.3 Å². The van der Waals surface area contributed by atoms with Gasteiger partial charge in [0.15, 0.2) is 0 Å². The number of alkyl halides is 6. The molecular weight excluding hydrogens is 608 g/mol. The zero-order valence-corrected chi connectivity index (χ0v) is 24.2. The van der Waals surface area contributed by atoms with E-state index >= 15 is 0 Å². The van der Waals surface area contributed by atoms with Crippen LogP contribution in [0.25, 0.3) is 21.5 Å². The Balaban J connectivity index is 1.81. The van der Waals surface area contributed by atoms with Crippen LogP contribution in [-0.2, 0) is 28.4 Å². The Morgan fingerprint density at radius 1 is 1.12 bits per heavy atom. The molecule has 0 radical (unpaired) electrons. The van der Waals surface area contributed by atoms with Gasteiger partial charge in [0.05, 0.1) is 29.9 Å². The number of carbonyl (C=O) groups is 1. The highest BCUT2D eigenvalue weighted by Gasteiger charge is 2.41. The fourth-order valence-electron chi connectivity index (χ4n) is 5.51. The maximum Gasteiger partial charge on any atom is 0.427 e. The van der Waals surface area contributed by atoms with Gasteiger partial charge in [-0.15, -0.1) is 23.1 Å². The summed E-state index contributed by atoms with van der Waals surface area (Å²) in [5, 5.41) is -0.452. The van der Waals surface area contributed by atoms with Crippen LogP contribution in [0.4, 0.5) is 32.2 Å². The first-order chi connectivity index (χ1) is 19.6. The van der Waals surface area contributed by atoms with E-state index in [4.69, 9.17) is 4.74 Å². The fraction of sp³-hybridized carbons (Fsp3) is 0.462. The van der Waals surface area contributed by atoms with E-state index in [-0.39, 0.29) is 64.2 Å². The van der Waals surface area contributed by atoms with Crippen molar-refractivity contribution in [2.45, 2.75) is 55.8 Å². The molecule has 3 aromatic rings. The van der Waals surface area contributed by atoms with Gasteiger partial charge in [0, 0.05) is 53.9 Å². The largest absolute Gasteiger partial charge is 0.427 e. The van der Waals surface area contributed by atoms with E-state index in [0.29, 0.717) is 6.20 Å². The third-order valence-corrected chi connectivity index (χ3v) is 9.57. The number of anilines is 1. The van der Waals surface area contributed by atoms with Gasteiger partial charge in [0.1, 0.15) is 15.7 Å². The molecule has 2 aliphatic rings. The number of aromatic nitrogens is 3. The zero-order chi connectivity index (χ0) is 30.7. The van der Waals surface area contributed by atoms with E-state index in [0.717, 1.165) is 17.8 Å². The number of hydrogen-bond donors (Lipinski definition) is 0. The molecular formula is C26H25F6N5O3S2. The quantitative estimate of drug-likeness (QED) is 0.286. The monoisotopic (exact) mass is 633 g/mol. The average Bonchev–Trinajstić information content (AvgIpc) is 3.32. The topological polar surface area (TPSA) is 80.6 Å². The smallest absolute Gasteiger partial charge is 0.379 e. The molecule has 0 saturated carbocycles. The number of piperazine rings is 1. The summed E-state index contributed by atoms with van der Waals surface area (Å²) in [6.07, 6.45) is -8.67. The lowest BCUT2D eigenvalue weighted by atomic mass is 10.0. The Labute approximate surface area is 244 Å². The third kappa shape index (κ3) is 5.28. The van der Waals surface area contributed by atoms with Crippen LogP contribution in [0.1, 0.15) is 24.3 Å². The highest BCUT2D eigenvalue weighted by molar-refractivity contribution is 7.99. The average molecular weight is 634 g/mol. The Morgan fingerprint density at radius 2 is 1.79 bits per heavy atom. The van der Waals surface area contributed by atoms with Crippen molar-refractivity contribution in [1.82, 2.24) is 19.4 Å². The van der Waals surface area contributed by atoms with E-state index in [2.05, 4.69) is 16.5 Å². The lowest BCUT2D eigenvalue weighted by molar-refractivity contribution is -0.137. The van der Waals surface area contributed by atoms with Crippen molar-refractivity contribution in [2.24, 2.45) is 0 Å². The minimum Gasteiger partial charge on any atom is -0.379 e. The predicted molar refractivity (Wildman–Crippen MR) is 147 cm³/mol. The van der Waals surface area contributed by atoms with Crippen LogP contribution in [0.2, 0.25) is 0 Å². The van der Waals surface area contributed by atoms with Crippen LogP contribution in [0, 0.1) is 0 Å². The summed E-state index contributed by atoms with van der Waals surface area (Å²) in [4.78, 5) is 36.0. The normalized spacial score (nSPS) is 21.5. The predicted octanol–water partition coefficient (Wildman–Crippen LogP) is 5.29. The van der Waals surface area contributed by atoms with Crippen molar-refractivity contribution in [3.63, 3.8) is 0 Å². The summed E-state index contributed by atoms with van der Waals surface area (Å²) in [6.45, 7) is 7.38. The molecule has 42 heavy (non-hydrogen) atoms. The SMILES string of the molecule is C=CC(=O)N1[C@H](C)CN(c2nc(=O)n3c4c(c(-c5ncc(C(F)(F)F)s5)c(C(F)(F)F)cc24)SC[C@@H](OC)C3)C[C@@H]1C. The number of thioether (sulfide) groups is 1. The van der Waals surface area contributed by atoms with Gasteiger partial charge in [-0.25, -0.2) is 9.78 Å².